The normalized spacial score (nSPS) is 29.7. The lowest BCUT2D eigenvalue weighted by atomic mass is 10.1. The zero-order valence-corrected chi connectivity index (χ0v) is 11.3. The highest BCUT2D eigenvalue weighted by Crippen LogP contribution is 2.38. The molecule has 1 aliphatic heterocycles. The average Bonchev–Trinajstić information content (AvgIpc) is 2.64. The highest BCUT2D eigenvalue weighted by atomic mass is 31.2. The Bertz CT molecular complexity index is 617. The Balaban J connectivity index is 2.16. The van der Waals surface area contributed by atoms with E-state index in [0.717, 1.165) is 10.9 Å². The summed E-state index contributed by atoms with van der Waals surface area (Å²) in [7, 11) is -4.75. The fourth-order valence-corrected chi connectivity index (χ4v) is 2.14. The summed E-state index contributed by atoms with van der Waals surface area (Å²) < 4.78 is 20.8. The van der Waals surface area contributed by atoms with E-state index in [-0.39, 0.29) is 5.95 Å². The van der Waals surface area contributed by atoms with Crippen LogP contribution in [0.25, 0.3) is 0 Å². The lowest BCUT2D eigenvalue weighted by Crippen LogP contribution is -2.36. The number of aliphatic hydroxyl groups excluding tert-OH is 2. The van der Waals surface area contributed by atoms with Gasteiger partial charge in [0.1, 0.15) is 24.6 Å². The number of hydrogen-bond donors (Lipinski definition) is 5. The third kappa shape index (κ3) is 3.63. The molecule has 2 heterocycles. The summed E-state index contributed by atoms with van der Waals surface area (Å²) in [4.78, 5) is 35.7. The molecule has 0 aliphatic carbocycles. The maximum Gasteiger partial charge on any atom is 0.469 e. The highest BCUT2D eigenvalue weighted by Gasteiger charge is 2.45. The first kappa shape index (κ1) is 16.0. The molecule has 1 saturated heterocycles. The highest BCUT2D eigenvalue weighted by molar-refractivity contribution is 7.46. The van der Waals surface area contributed by atoms with Crippen molar-refractivity contribution >= 4 is 13.8 Å². The quantitative estimate of drug-likeness (QED) is 0.279. The second kappa shape index (κ2) is 5.77. The van der Waals surface area contributed by atoms with E-state index in [4.69, 9.17) is 20.3 Å². The van der Waals surface area contributed by atoms with Gasteiger partial charge < -0.3 is 30.5 Å². The van der Waals surface area contributed by atoms with Crippen molar-refractivity contribution in [1.82, 2.24) is 14.5 Å². The summed E-state index contributed by atoms with van der Waals surface area (Å²) in [5.41, 5.74) is 4.35. The summed E-state index contributed by atoms with van der Waals surface area (Å²) in [6.07, 6.45) is -4.68. The lowest BCUT2D eigenvalue weighted by molar-refractivity contribution is -0.0547. The van der Waals surface area contributed by atoms with Gasteiger partial charge in [0, 0.05) is 0 Å². The number of hydrogen-bond acceptors (Lipinski definition) is 9. The Morgan fingerprint density at radius 2 is 2.10 bits per heavy atom. The molecule has 1 aromatic heterocycles. The van der Waals surface area contributed by atoms with E-state index in [2.05, 4.69) is 14.5 Å². The second-order valence-corrected chi connectivity index (χ2v) is 5.48. The van der Waals surface area contributed by atoms with Gasteiger partial charge in [-0.25, -0.2) is 14.3 Å². The molecule has 0 radical (unpaired) electrons. The molecular weight excluding hydrogens is 315 g/mol. The minimum Gasteiger partial charge on any atom is -0.387 e. The fraction of sp³-hybridized carbons (Fsp3) is 0.625. The van der Waals surface area contributed by atoms with E-state index < -0.39 is 44.7 Å². The molecule has 13 heteroatoms. The van der Waals surface area contributed by atoms with Gasteiger partial charge in [0.25, 0.3) is 0 Å². The third-order valence-corrected chi connectivity index (χ3v) is 3.25. The number of rotatable bonds is 4. The van der Waals surface area contributed by atoms with E-state index in [1.807, 2.05) is 0 Å². The van der Waals surface area contributed by atoms with Crippen LogP contribution in [0.5, 0.6) is 0 Å². The van der Waals surface area contributed by atoms with Crippen molar-refractivity contribution in [2.24, 2.45) is 0 Å². The summed E-state index contributed by atoms with van der Waals surface area (Å²) in [5.74, 6) is -0.273. The molecule has 0 saturated carbocycles. The van der Waals surface area contributed by atoms with Crippen molar-refractivity contribution in [2.45, 2.75) is 24.5 Å². The number of phosphoric acid groups is 1. The van der Waals surface area contributed by atoms with E-state index in [1.165, 1.54) is 0 Å². The molecule has 6 N–H and O–H groups in total. The topological polar surface area (TPSA) is 190 Å². The van der Waals surface area contributed by atoms with Gasteiger partial charge in [-0.05, 0) is 0 Å². The number of nitrogens with zero attached hydrogens (tertiary/aromatic N) is 3. The van der Waals surface area contributed by atoms with Gasteiger partial charge in [0.2, 0.25) is 5.95 Å². The zero-order chi connectivity index (χ0) is 15.8. The molecule has 1 aromatic rings. The SMILES string of the molecule is [15NH2]c1[15n]c[15n]([C@@H]2O[C@H](COP(=O)(O)O)[C@H](O)C2O)c(=O)[15n]1. The van der Waals surface area contributed by atoms with Gasteiger partial charge in [-0.3, -0.25) is 9.09 Å². The summed E-state index contributed by atoms with van der Waals surface area (Å²) >= 11 is 0. The molecular formula is C8H13N4O8P. The van der Waals surface area contributed by atoms with Crippen molar-refractivity contribution in [3.63, 3.8) is 0 Å². The molecule has 1 fully saturated rings. The molecule has 12 nitrogen and oxygen atoms in total. The molecule has 1 aliphatic rings. The van der Waals surface area contributed by atoms with Crippen LogP contribution in [-0.4, -0.2) is 59.5 Å². The standard InChI is InChI=1S/C8H13N4O8P/c9-7-10-2-12(8(15)11-7)6-5(14)4(13)3(20-6)1-19-21(16,17)18/h2-6,13-14H,1H2,(H2,9,11,15)(H2,16,17,18)/t3-,4+,5?,6-/m1/s1/i9+1,10+1,11+1,12+1. The lowest BCUT2D eigenvalue weighted by Gasteiger charge is -2.16. The summed E-state index contributed by atoms with van der Waals surface area (Å²) in [6.45, 7) is -0.677. The van der Waals surface area contributed by atoms with Crippen LogP contribution in [0.1, 0.15) is 6.23 Å². The van der Waals surface area contributed by atoms with Crippen LogP contribution in [0.3, 0.4) is 0 Å². The van der Waals surface area contributed by atoms with E-state index in [9.17, 15) is 19.6 Å². The van der Waals surface area contributed by atoms with Crippen LogP contribution in [0.4, 0.5) is 5.95 Å². The first-order chi connectivity index (χ1) is 9.69. The van der Waals surface area contributed by atoms with Crippen LogP contribution in [-0.2, 0) is 13.8 Å². The minimum atomic E-state index is -4.75. The van der Waals surface area contributed by atoms with E-state index in [1.54, 1.807) is 0 Å². The maximum absolute atomic E-state index is 11.6. The zero-order valence-electron chi connectivity index (χ0n) is 10.4. The number of aromatic nitrogens is 3. The van der Waals surface area contributed by atoms with Gasteiger partial charge in [-0.1, -0.05) is 0 Å². The second-order valence-electron chi connectivity index (χ2n) is 4.24. The summed E-state index contributed by atoms with van der Waals surface area (Å²) in [6, 6.07) is 0. The maximum atomic E-state index is 11.6. The predicted molar refractivity (Wildman–Crippen MR) is 64.6 cm³/mol. The minimum absolute atomic E-state index is 0.273. The van der Waals surface area contributed by atoms with E-state index in [0.29, 0.717) is 0 Å². The Morgan fingerprint density at radius 3 is 2.67 bits per heavy atom. The molecule has 2 rings (SSSR count). The number of ether oxygens (including phenoxy) is 1. The molecule has 4 atom stereocenters. The Morgan fingerprint density at radius 1 is 1.43 bits per heavy atom. The average molecular weight is 328 g/mol. The third-order valence-electron chi connectivity index (χ3n) is 2.76. The Hall–Kier alpha value is -1.40. The van der Waals surface area contributed by atoms with E-state index >= 15 is 0 Å². The van der Waals surface area contributed by atoms with Crippen molar-refractivity contribution in [2.75, 3.05) is 12.3 Å². The van der Waals surface area contributed by atoms with Gasteiger partial charge in [0.05, 0.1) is 6.61 Å². The molecule has 0 bridgehead atoms. The van der Waals surface area contributed by atoms with Gasteiger partial charge in [0.15, 0.2) is 6.23 Å². The van der Waals surface area contributed by atoms with Crippen molar-refractivity contribution in [1.29, 1.82) is 0 Å². The smallest absolute Gasteiger partial charge is 0.387 e. The molecule has 118 valence electrons. The van der Waals surface area contributed by atoms with Crippen LogP contribution in [0, 0.1) is 0 Å². The molecule has 1 unspecified atom stereocenters. The van der Waals surface area contributed by atoms with Gasteiger partial charge >= 0.3 is 13.5 Å². The number of nitrogens with two attached hydrogens (primary N) is 1. The predicted octanol–water partition coefficient (Wildman–Crippen LogP) is -3.05. The summed E-state index contributed by atoms with van der Waals surface area (Å²) in [5, 5.41) is 19.6. The largest absolute Gasteiger partial charge is 0.469 e. The number of nitrogen functional groups attached to an aromatic ring is 1. The molecule has 0 aromatic carbocycles. The van der Waals surface area contributed by atoms with Crippen molar-refractivity contribution in [3.05, 3.63) is 16.8 Å². The first-order valence-corrected chi connectivity index (χ1v) is 7.14. The Kier molecular flexibility index (Phi) is 4.39. The van der Waals surface area contributed by atoms with Crippen molar-refractivity contribution in [3.8, 4) is 0 Å². The van der Waals surface area contributed by atoms with Gasteiger partial charge in [-0.15, -0.1) is 0 Å². The van der Waals surface area contributed by atoms with Crippen LogP contribution in [0.15, 0.2) is 11.1 Å². The monoisotopic (exact) mass is 328 g/mol. The number of anilines is 1. The van der Waals surface area contributed by atoms with Crippen molar-refractivity contribution < 1.29 is 33.8 Å². The fourth-order valence-electron chi connectivity index (χ4n) is 1.80. The first-order valence-electron chi connectivity index (χ1n) is 5.61. The molecule has 0 spiro atoms. The van der Waals surface area contributed by atoms with Crippen LogP contribution < -0.4 is 11.4 Å². The van der Waals surface area contributed by atoms with Crippen LogP contribution >= 0.6 is 7.82 Å². The Labute approximate surface area is 117 Å². The van der Waals surface area contributed by atoms with Gasteiger partial charge in [-0.2, -0.15) is 4.98 Å². The van der Waals surface area contributed by atoms with Crippen LogP contribution in [0.2, 0.25) is 0 Å². The molecule has 0 amide bonds. The number of aliphatic hydroxyl groups is 2. The molecule has 21 heavy (non-hydrogen) atoms. The number of phosphoric ester groups is 1.